The van der Waals surface area contributed by atoms with Gasteiger partial charge in [-0.05, 0) is 59.1 Å². The highest BCUT2D eigenvalue weighted by molar-refractivity contribution is 9.10. The molecular weight excluding hydrogens is 387 g/mol. The van der Waals surface area contributed by atoms with Crippen LogP contribution in [0, 0.1) is 11.8 Å². The molecule has 2 aliphatic rings. The molecule has 1 aromatic carbocycles. The van der Waals surface area contributed by atoms with Gasteiger partial charge in [-0.3, -0.25) is 0 Å². The molecule has 4 nitrogen and oxygen atoms in total. The summed E-state index contributed by atoms with van der Waals surface area (Å²) in [5.74, 6) is 0.899. The Morgan fingerprint density at radius 1 is 1.25 bits per heavy atom. The van der Waals surface area contributed by atoms with Gasteiger partial charge in [-0.2, -0.15) is 4.31 Å². The topological polar surface area (TPSA) is 49.4 Å². The van der Waals surface area contributed by atoms with Gasteiger partial charge >= 0.3 is 0 Å². The molecule has 1 aromatic rings. The number of hydrogen-bond donors (Lipinski definition) is 1. The van der Waals surface area contributed by atoms with Gasteiger partial charge in [0.05, 0.1) is 9.92 Å². The molecule has 0 saturated carbocycles. The second-order valence-corrected chi connectivity index (χ2v) is 8.28. The van der Waals surface area contributed by atoms with Gasteiger partial charge < -0.3 is 5.32 Å². The Labute approximate surface area is 138 Å². The van der Waals surface area contributed by atoms with Crippen LogP contribution >= 0.6 is 39.9 Å². The summed E-state index contributed by atoms with van der Waals surface area (Å²) in [4.78, 5) is 0.303. The second kappa shape index (κ2) is 6.10. The standard InChI is InChI=1S/C12H14BrClN2O2S.ClH/c13-11-3-10(1-2-12(11)14)19(17,18)16-6-8-4-15-5-9(8)7-16;/h1-3,8-9,15H,4-7H2;1H/t8-,9+;. The van der Waals surface area contributed by atoms with Crippen molar-refractivity contribution in [3.8, 4) is 0 Å². The number of sulfonamides is 1. The molecule has 112 valence electrons. The van der Waals surface area contributed by atoms with Gasteiger partial charge in [0.1, 0.15) is 0 Å². The first-order valence-corrected chi connectivity index (χ1v) is 8.75. The maximum atomic E-state index is 12.6. The van der Waals surface area contributed by atoms with E-state index in [4.69, 9.17) is 11.6 Å². The van der Waals surface area contributed by atoms with Crippen LogP contribution in [0.25, 0.3) is 0 Å². The maximum absolute atomic E-state index is 12.6. The largest absolute Gasteiger partial charge is 0.316 e. The van der Waals surface area contributed by atoms with E-state index >= 15 is 0 Å². The maximum Gasteiger partial charge on any atom is 0.243 e. The lowest BCUT2D eigenvalue weighted by Crippen LogP contribution is -2.31. The van der Waals surface area contributed by atoms with Crippen molar-refractivity contribution in [1.29, 1.82) is 0 Å². The van der Waals surface area contributed by atoms with E-state index in [1.54, 1.807) is 22.5 Å². The molecule has 2 atom stereocenters. The van der Waals surface area contributed by atoms with Gasteiger partial charge in [0.2, 0.25) is 10.0 Å². The van der Waals surface area contributed by atoms with Crippen molar-refractivity contribution in [3.05, 3.63) is 27.7 Å². The molecular formula is C12H15BrCl2N2O2S. The monoisotopic (exact) mass is 400 g/mol. The molecule has 2 saturated heterocycles. The predicted octanol–water partition coefficient (Wildman–Crippen LogP) is 2.36. The molecule has 2 fully saturated rings. The van der Waals surface area contributed by atoms with E-state index < -0.39 is 10.0 Å². The SMILES string of the molecule is Cl.O=S(=O)(c1ccc(Cl)c(Br)c1)N1C[C@H]2CNC[C@H]2C1. The molecule has 0 aliphatic carbocycles. The third-order valence-electron chi connectivity index (χ3n) is 3.88. The number of nitrogens with zero attached hydrogens (tertiary/aromatic N) is 1. The quantitative estimate of drug-likeness (QED) is 0.827. The molecule has 0 amide bonds. The molecule has 20 heavy (non-hydrogen) atoms. The van der Waals surface area contributed by atoms with Crippen LogP contribution in [0.3, 0.4) is 0 Å². The lowest BCUT2D eigenvalue weighted by Gasteiger charge is -2.17. The second-order valence-electron chi connectivity index (χ2n) is 5.08. The van der Waals surface area contributed by atoms with Gasteiger partial charge in [-0.1, -0.05) is 11.6 Å². The summed E-state index contributed by atoms with van der Waals surface area (Å²) in [6.45, 7) is 3.06. The lowest BCUT2D eigenvalue weighted by molar-refractivity contribution is 0.448. The molecule has 0 radical (unpaired) electrons. The van der Waals surface area contributed by atoms with E-state index in [1.807, 2.05) is 0 Å². The Bertz CT molecular complexity index is 599. The van der Waals surface area contributed by atoms with Gasteiger partial charge in [0.25, 0.3) is 0 Å². The number of fused-ring (bicyclic) bond motifs is 1. The van der Waals surface area contributed by atoms with Crippen molar-refractivity contribution >= 4 is 50.0 Å². The Balaban J connectivity index is 0.00000147. The smallest absolute Gasteiger partial charge is 0.243 e. The molecule has 3 rings (SSSR count). The summed E-state index contributed by atoms with van der Waals surface area (Å²) in [6, 6.07) is 4.75. The van der Waals surface area contributed by atoms with Crippen LogP contribution in [-0.2, 0) is 10.0 Å². The van der Waals surface area contributed by atoms with Crippen LogP contribution in [0.4, 0.5) is 0 Å². The highest BCUT2D eigenvalue weighted by Crippen LogP contribution is 2.32. The van der Waals surface area contributed by atoms with Gasteiger partial charge in [-0.25, -0.2) is 8.42 Å². The summed E-state index contributed by atoms with van der Waals surface area (Å²) in [5.41, 5.74) is 0. The minimum absolute atomic E-state index is 0. The molecule has 0 bridgehead atoms. The molecule has 0 aromatic heterocycles. The first-order chi connectivity index (χ1) is 8.98. The number of benzene rings is 1. The third kappa shape index (κ3) is 2.87. The fourth-order valence-electron chi connectivity index (χ4n) is 2.79. The van der Waals surface area contributed by atoms with E-state index in [2.05, 4.69) is 21.2 Å². The van der Waals surface area contributed by atoms with Crippen molar-refractivity contribution < 1.29 is 8.42 Å². The summed E-state index contributed by atoms with van der Waals surface area (Å²) in [7, 11) is -3.40. The van der Waals surface area contributed by atoms with Gasteiger partial charge in [0, 0.05) is 17.6 Å². The van der Waals surface area contributed by atoms with Gasteiger partial charge in [-0.15, -0.1) is 12.4 Å². The normalized spacial score (nSPS) is 26.3. The minimum Gasteiger partial charge on any atom is -0.316 e. The summed E-state index contributed by atoms with van der Waals surface area (Å²) >= 11 is 9.18. The fraction of sp³-hybridized carbons (Fsp3) is 0.500. The first-order valence-electron chi connectivity index (χ1n) is 6.14. The molecule has 8 heteroatoms. The van der Waals surface area contributed by atoms with Crippen molar-refractivity contribution in [2.75, 3.05) is 26.2 Å². The fourth-order valence-corrected chi connectivity index (χ4v) is 5.02. The van der Waals surface area contributed by atoms with Crippen LogP contribution in [0.15, 0.2) is 27.6 Å². The zero-order valence-electron chi connectivity index (χ0n) is 10.6. The van der Waals surface area contributed by atoms with Gasteiger partial charge in [0.15, 0.2) is 0 Å². The van der Waals surface area contributed by atoms with Crippen LogP contribution in [0.5, 0.6) is 0 Å². The zero-order chi connectivity index (χ0) is 13.6. The average molecular weight is 402 g/mol. The molecule has 2 aliphatic heterocycles. The van der Waals surface area contributed by atoms with Crippen LogP contribution < -0.4 is 5.32 Å². The molecule has 2 heterocycles. The van der Waals surface area contributed by atoms with Crippen molar-refractivity contribution in [3.63, 3.8) is 0 Å². The molecule has 0 unspecified atom stereocenters. The Kier molecular flexibility index (Phi) is 5.04. The minimum atomic E-state index is -3.40. The number of rotatable bonds is 2. The Hall–Kier alpha value is 0.150. The van der Waals surface area contributed by atoms with E-state index in [0.29, 0.717) is 39.3 Å². The Morgan fingerprint density at radius 2 is 1.85 bits per heavy atom. The first kappa shape index (κ1) is 16.5. The van der Waals surface area contributed by atoms with Crippen LogP contribution in [0.2, 0.25) is 5.02 Å². The number of nitrogens with one attached hydrogen (secondary N) is 1. The van der Waals surface area contributed by atoms with E-state index in [0.717, 1.165) is 13.1 Å². The Morgan fingerprint density at radius 3 is 2.40 bits per heavy atom. The summed E-state index contributed by atoms with van der Waals surface area (Å²) in [6.07, 6.45) is 0. The van der Waals surface area contributed by atoms with Crippen molar-refractivity contribution in [1.82, 2.24) is 9.62 Å². The zero-order valence-corrected chi connectivity index (χ0v) is 14.5. The summed E-state index contributed by atoms with van der Waals surface area (Å²) < 4.78 is 27.3. The van der Waals surface area contributed by atoms with E-state index in [-0.39, 0.29) is 12.4 Å². The number of halogens is 3. The van der Waals surface area contributed by atoms with Crippen LogP contribution in [0.1, 0.15) is 0 Å². The predicted molar refractivity (Wildman–Crippen MR) is 85.0 cm³/mol. The molecule has 0 spiro atoms. The third-order valence-corrected chi connectivity index (χ3v) is 6.93. The highest BCUT2D eigenvalue weighted by atomic mass is 79.9. The lowest BCUT2D eigenvalue weighted by atomic mass is 10.0. The van der Waals surface area contributed by atoms with Crippen molar-refractivity contribution in [2.24, 2.45) is 11.8 Å². The molecule has 1 N–H and O–H groups in total. The highest BCUT2D eigenvalue weighted by Gasteiger charge is 2.41. The van der Waals surface area contributed by atoms with Crippen LogP contribution in [-0.4, -0.2) is 38.9 Å². The number of hydrogen-bond acceptors (Lipinski definition) is 3. The average Bonchev–Trinajstić information content (AvgIpc) is 2.93. The van der Waals surface area contributed by atoms with E-state index in [9.17, 15) is 8.42 Å². The van der Waals surface area contributed by atoms with Crippen molar-refractivity contribution in [2.45, 2.75) is 4.90 Å². The summed E-state index contributed by atoms with van der Waals surface area (Å²) in [5, 5.41) is 3.82. The van der Waals surface area contributed by atoms with E-state index in [1.165, 1.54) is 0 Å².